The highest BCUT2D eigenvalue weighted by atomic mass is 16.6. The smallest absolute Gasteiger partial charge is 0.407 e. The molecule has 0 aromatic rings. The number of nitrogens with two attached hydrogens (primary N) is 1. The lowest BCUT2D eigenvalue weighted by atomic mass is 10.0. The van der Waals surface area contributed by atoms with Crippen molar-refractivity contribution >= 4 is 12.0 Å². The predicted molar refractivity (Wildman–Crippen MR) is 81.8 cm³/mol. The Hall–Kier alpha value is -1.30. The molecule has 1 saturated heterocycles. The number of hydrogen-bond acceptors (Lipinski definition) is 4. The highest BCUT2D eigenvalue weighted by Crippen LogP contribution is 2.14. The van der Waals surface area contributed by atoms with Gasteiger partial charge in [0.15, 0.2) is 0 Å². The quantitative estimate of drug-likeness (QED) is 0.827. The molecule has 0 aromatic heterocycles. The van der Waals surface area contributed by atoms with E-state index in [-0.39, 0.29) is 17.9 Å². The summed E-state index contributed by atoms with van der Waals surface area (Å²) in [6, 6.07) is -0.554. The fraction of sp³-hybridized carbons (Fsp3) is 0.867. The third-order valence-electron chi connectivity index (χ3n) is 3.46. The number of alkyl carbamates (subject to hydrolysis) is 1. The molecule has 2 atom stereocenters. The summed E-state index contributed by atoms with van der Waals surface area (Å²) in [6.45, 7) is 10.5. The second-order valence-corrected chi connectivity index (χ2v) is 7.04. The van der Waals surface area contributed by atoms with Crippen molar-refractivity contribution in [2.75, 3.05) is 13.1 Å². The second kappa shape index (κ2) is 7.11. The molecule has 1 rings (SSSR count). The van der Waals surface area contributed by atoms with Crippen molar-refractivity contribution in [3.63, 3.8) is 0 Å². The zero-order chi connectivity index (χ0) is 16.2. The van der Waals surface area contributed by atoms with E-state index in [1.165, 1.54) is 0 Å². The van der Waals surface area contributed by atoms with Crippen LogP contribution >= 0.6 is 0 Å². The highest BCUT2D eigenvalue weighted by molar-refractivity contribution is 5.82. The van der Waals surface area contributed by atoms with Crippen LogP contribution in [-0.2, 0) is 9.53 Å². The van der Waals surface area contributed by atoms with Crippen LogP contribution in [0.2, 0.25) is 0 Å². The van der Waals surface area contributed by atoms with E-state index in [1.54, 1.807) is 4.90 Å². The van der Waals surface area contributed by atoms with Crippen LogP contribution in [0.15, 0.2) is 0 Å². The van der Waals surface area contributed by atoms with Crippen molar-refractivity contribution in [1.29, 1.82) is 0 Å². The fourth-order valence-corrected chi connectivity index (χ4v) is 2.27. The van der Waals surface area contributed by atoms with Gasteiger partial charge in [-0.3, -0.25) is 4.79 Å². The standard InChI is InChI=1S/C15H29N3O3/c1-10(2)12(16)13(19)18-8-6-7-11(9-18)17-14(20)21-15(3,4)5/h10-12H,6-9,16H2,1-5H3,(H,17,20)/t11?,12-/m0/s1. The zero-order valence-electron chi connectivity index (χ0n) is 13.8. The number of carbonyl (C=O) groups excluding carboxylic acids is 2. The number of ether oxygens (including phenoxy) is 1. The van der Waals surface area contributed by atoms with Crippen molar-refractivity contribution in [2.45, 2.75) is 65.1 Å². The summed E-state index contributed by atoms with van der Waals surface area (Å²) in [7, 11) is 0. The fourth-order valence-electron chi connectivity index (χ4n) is 2.27. The molecule has 0 aliphatic carbocycles. The monoisotopic (exact) mass is 299 g/mol. The minimum Gasteiger partial charge on any atom is -0.444 e. The lowest BCUT2D eigenvalue weighted by molar-refractivity contribution is -0.134. The van der Waals surface area contributed by atoms with Crippen LogP contribution in [0.25, 0.3) is 0 Å². The molecule has 6 heteroatoms. The normalized spacial score (nSPS) is 21.1. The molecule has 21 heavy (non-hydrogen) atoms. The van der Waals surface area contributed by atoms with Crippen LogP contribution in [0, 0.1) is 5.92 Å². The van der Waals surface area contributed by atoms with Crippen LogP contribution in [0.1, 0.15) is 47.5 Å². The van der Waals surface area contributed by atoms with Gasteiger partial charge in [0.2, 0.25) is 5.91 Å². The Balaban J connectivity index is 2.53. The largest absolute Gasteiger partial charge is 0.444 e. The molecule has 1 heterocycles. The Morgan fingerprint density at radius 2 is 1.95 bits per heavy atom. The molecule has 0 spiro atoms. The molecule has 1 fully saturated rings. The molecule has 0 radical (unpaired) electrons. The van der Waals surface area contributed by atoms with E-state index < -0.39 is 17.7 Å². The van der Waals surface area contributed by atoms with Gasteiger partial charge in [-0.05, 0) is 39.5 Å². The van der Waals surface area contributed by atoms with Gasteiger partial charge in [0, 0.05) is 19.1 Å². The first-order valence-corrected chi connectivity index (χ1v) is 7.64. The van der Waals surface area contributed by atoms with Gasteiger partial charge in [-0.15, -0.1) is 0 Å². The van der Waals surface area contributed by atoms with Crippen LogP contribution in [0.5, 0.6) is 0 Å². The molecule has 2 amide bonds. The maximum absolute atomic E-state index is 12.3. The summed E-state index contributed by atoms with van der Waals surface area (Å²) in [5.41, 5.74) is 5.40. The maximum Gasteiger partial charge on any atom is 0.407 e. The number of nitrogens with one attached hydrogen (secondary N) is 1. The molecule has 6 nitrogen and oxygen atoms in total. The van der Waals surface area contributed by atoms with Gasteiger partial charge in [-0.25, -0.2) is 4.79 Å². The van der Waals surface area contributed by atoms with Crippen molar-refractivity contribution in [1.82, 2.24) is 10.2 Å². The highest BCUT2D eigenvalue weighted by Gasteiger charge is 2.29. The van der Waals surface area contributed by atoms with Crippen molar-refractivity contribution in [2.24, 2.45) is 11.7 Å². The Labute approximate surface area is 127 Å². The first-order chi connectivity index (χ1) is 9.60. The van der Waals surface area contributed by atoms with Gasteiger partial charge in [0.1, 0.15) is 5.60 Å². The molecule has 122 valence electrons. The number of nitrogens with zero attached hydrogens (tertiary/aromatic N) is 1. The molecular formula is C15H29N3O3. The van der Waals surface area contributed by atoms with E-state index >= 15 is 0 Å². The van der Waals surface area contributed by atoms with Gasteiger partial charge in [0.05, 0.1) is 6.04 Å². The first kappa shape index (κ1) is 17.8. The topological polar surface area (TPSA) is 84.7 Å². The average molecular weight is 299 g/mol. The Kier molecular flexibility index (Phi) is 6.01. The van der Waals surface area contributed by atoms with Crippen molar-refractivity contribution in [3.8, 4) is 0 Å². The van der Waals surface area contributed by atoms with Crippen LogP contribution in [0.4, 0.5) is 4.79 Å². The number of rotatable bonds is 3. The Morgan fingerprint density at radius 1 is 1.33 bits per heavy atom. The zero-order valence-corrected chi connectivity index (χ0v) is 13.8. The van der Waals surface area contributed by atoms with Gasteiger partial charge < -0.3 is 20.7 Å². The lowest BCUT2D eigenvalue weighted by Gasteiger charge is -2.35. The van der Waals surface area contributed by atoms with Gasteiger partial charge in [-0.1, -0.05) is 13.8 Å². The van der Waals surface area contributed by atoms with Crippen molar-refractivity contribution in [3.05, 3.63) is 0 Å². The Morgan fingerprint density at radius 3 is 2.48 bits per heavy atom. The molecule has 1 unspecified atom stereocenters. The summed E-state index contributed by atoms with van der Waals surface area (Å²) >= 11 is 0. The molecule has 1 aliphatic heterocycles. The summed E-state index contributed by atoms with van der Waals surface area (Å²) in [5.74, 6) is 0.0670. The molecular weight excluding hydrogens is 270 g/mol. The number of hydrogen-bond donors (Lipinski definition) is 2. The van der Waals surface area contributed by atoms with Gasteiger partial charge in [-0.2, -0.15) is 0 Å². The molecule has 0 aromatic carbocycles. The number of likely N-dealkylation sites (tertiary alicyclic amines) is 1. The van der Waals surface area contributed by atoms with E-state index in [9.17, 15) is 9.59 Å². The number of carbonyl (C=O) groups is 2. The minimum atomic E-state index is -0.520. The third-order valence-corrected chi connectivity index (χ3v) is 3.46. The van der Waals surface area contributed by atoms with E-state index in [0.717, 1.165) is 12.8 Å². The summed E-state index contributed by atoms with van der Waals surface area (Å²) in [5, 5.41) is 2.83. The Bertz CT molecular complexity index is 377. The van der Waals surface area contributed by atoms with E-state index in [0.29, 0.717) is 13.1 Å². The predicted octanol–water partition coefficient (Wildman–Crippen LogP) is 1.49. The van der Waals surface area contributed by atoms with Crippen LogP contribution < -0.4 is 11.1 Å². The molecule has 0 saturated carbocycles. The summed E-state index contributed by atoms with van der Waals surface area (Å²) < 4.78 is 5.24. The summed E-state index contributed by atoms with van der Waals surface area (Å²) in [4.78, 5) is 25.8. The van der Waals surface area contributed by atoms with E-state index in [1.807, 2.05) is 34.6 Å². The maximum atomic E-state index is 12.3. The van der Waals surface area contributed by atoms with E-state index in [4.69, 9.17) is 10.5 Å². The lowest BCUT2D eigenvalue weighted by Crippen LogP contribution is -2.54. The number of piperidine rings is 1. The molecule has 0 bridgehead atoms. The summed E-state index contributed by atoms with van der Waals surface area (Å²) in [6.07, 6.45) is 1.27. The SMILES string of the molecule is CC(C)[C@H](N)C(=O)N1CCCC(NC(=O)OC(C)(C)C)C1. The van der Waals surface area contributed by atoms with E-state index in [2.05, 4.69) is 5.32 Å². The third kappa shape index (κ3) is 5.91. The van der Waals surface area contributed by atoms with Crippen LogP contribution in [0.3, 0.4) is 0 Å². The van der Waals surface area contributed by atoms with Gasteiger partial charge >= 0.3 is 6.09 Å². The molecule has 3 N–H and O–H groups in total. The minimum absolute atomic E-state index is 0.0410. The molecule has 1 aliphatic rings. The number of amides is 2. The average Bonchev–Trinajstić information content (AvgIpc) is 2.34. The second-order valence-electron chi connectivity index (χ2n) is 7.04. The van der Waals surface area contributed by atoms with Crippen molar-refractivity contribution < 1.29 is 14.3 Å². The van der Waals surface area contributed by atoms with Crippen LogP contribution in [-0.4, -0.2) is 47.7 Å². The first-order valence-electron chi connectivity index (χ1n) is 7.64. The van der Waals surface area contributed by atoms with Gasteiger partial charge in [0.25, 0.3) is 0 Å².